The van der Waals surface area contributed by atoms with E-state index in [1.54, 1.807) is 26.6 Å². The molecule has 168 valence electrons. The van der Waals surface area contributed by atoms with E-state index in [-0.39, 0.29) is 11.3 Å². The van der Waals surface area contributed by atoms with Crippen LogP contribution in [0.4, 0.5) is 0 Å². The summed E-state index contributed by atoms with van der Waals surface area (Å²) in [7, 11) is 3.32. The first-order valence-electron chi connectivity index (χ1n) is 10.7. The van der Waals surface area contributed by atoms with E-state index in [0.717, 1.165) is 36.1 Å². The molecule has 0 N–H and O–H groups in total. The fourth-order valence-electron chi connectivity index (χ4n) is 4.24. The van der Waals surface area contributed by atoms with Crippen LogP contribution < -0.4 is 4.74 Å². The summed E-state index contributed by atoms with van der Waals surface area (Å²) in [6.45, 7) is 3.76. The van der Waals surface area contributed by atoms with Crippen molar-refractivity contribution in [3.05, 3.63) is 59.7 Å². The Balaban J connectivity index is 1.52. The maximum Gasteiger partial charge on any atom is 0.258 e. The molecule has 3 aromatic rings. The number of likely N-dealkylation sites (tertiary alicyclic amines) is 1. The molecular formula is C24H28N4O4. The van der Waals surface area contributed by atoms with Gasteiger partial charge in [-0.05, 0) is 62.1 Å². The van der Waals surface area contributed by atoms with E-state index in [1.165, 1.54) is 0 Å². The highest BCUT2D eigenvalue weighted by Crippen LogP contribution is 2.38. The van der Waals surface area contributed by atoms with Crippen molar-refractivity contribution >= 4 is 5.91 Å². The number of nitrogens with zero attached hydrogens (tertiary/aromatic N) is 4. The molecule has 0 unspecified atom stereocenters. The van der Waals surface area contributed by atoms with Crippen LogP contribution in [0.3, 0.4) is 0 Å². The maximum absolute atomic E-state index is 13.2. The molecule has 2 aromatic heterocycles. The number of aromatic nitrogens is 3. The van der Waals surface area contributed by atoms with Gasteiger partial charge in [-0.25, -0.2) is 0 Å². The van der Waals surface area contributed by atoms with E-state index in [2.05, 4.69) is 10.1 Å². The predicted molar refractivity (Wildman–Crippen MR) is 119 cm³/mol. The van der Waals surface area contributed by atoms with Crippen LogP contribution in [0.2, 0.25) is 0 Å². The smallest absolute Gasteiger partial charge is 0.258 e. The summed E-state index contributed by atoms with van der Waals surface area (Å²) >= 11 is 0. The fraction of sp³-hybridized carbons (Fsp3) is 0.417. The standard InChI is InChI=1S/C24H28N4O4/c1-17-16-19(31-3)4-5-20(17)22(29)28-13-8-24(9-14-28,10-15-30-2)23-26-21(32-27-23)18-6-11-25-12-7-18/h4-7,11-12,16H,8-10,13-15H2,1-3H3. The zero-order valence-corrected chi connectivity index (χ0v) is 18.7. The lowest BCUT2D eigenvalue weighted by Gasteiger charge is -2.40. The van der Waals surface area contributed by atoms with Crippen LogP contribution in [-0.2, 0) is 10.2 Å². The van der Waals surface area contributed by atoms with Gasteiger partial charge in [0.15, 0.2) is 5.82 Å². The van der Waals surface area contributed by atoms with Gasteiger partial charge >= 0.3 is 0 Å². The predicted octanol–water partition coefficient (Wildman–Crippen LogP) is 3.66. The van der Waals surface area contributed by atoms with Crippen molar-refractivity contribution in [3.63, 3.8) is 0 Å². The van der Waals surface area contributed by atoms with Gasteiger partial charge in [0.25, 0.3) is 11.8 Å². The van der Waals surface area contributed by atoms with Crippen LogP contribution >= 0.6 is 0 Å². The minimum atomic E-state index is -0.295. The summed E-state index contributed by atoms with van der Waals surface area (Å²) in [5.41, 5.74) is 2.15. The Labute approximate surface area is 187 Å². The topological polar surface area (TPSA) is 90.6 Å². The number of carbonyl (C=O) groups excluding carboxylic acids is 1. The van der Waals surface area contributed by atoms with Crippen LogP contribution in [0.15, 0.2) is 47.2 Å². The molecule has 0 aliphatic carbocycles. The van der Waals surface area contributed by atoms with E-state index in [0.29, 0.717) is 37.0 Å². The van der Waals surface area contributed by atoms with Gasteiger partial charge in [-0.15, -0.1) is 0 Å². The van der Waals surface area contributed by atoms with Crippen LogP contribution in [-0.4, -0.2) is 59.8 Å². The number of ether oxygens (including phenoxy) is 2. The lowest BCUT2D eigenvalue weighted by Crippen LogP contribution is -2.46. The van der Waals surface area contributed by atoms with Gasteiger partial charge in [0.2, 0.25) is 0 Å². The first-order chi connectivity index (χ1) is 15.6. The van der Waals surface area contributed by atoms with Gasteiger partial charge in [0.05, 0.1) is 7.11 Å². The molecule has 1 aliphatic rings. The molecule has 1 saturated heterocycles. The lowest BCUT2D eigenvalue weighted by molar-refractivity contribution is 0.0615. The number of hydrogen-bond donors (Lipinski definition) is 0. The summed E-state index contributed by atoms with van der Waals surface area (Å²) in [5.74, 6) is 1.94. The second-order valence-electron chi connectivity index (χ2n) is 8.16. The van der Waals surface area contributed by atoms with Gasteiger partial charge in [0, 0.05) is 55.7 Å². The minimum Gasteiger partial charge on any atom is -0.497 e. The third-order valence-electron chi connectivity index (χ3n) is 6.28. The molecule has 1 amide bonds. The number of benzene rings is 1. The quantitative estimate of drug-likeness (QED) is 0.558. The highest BCUT2D eigenvalue weighted by Gasteiger charge is 2.41. The molecule has 0 spiro atoms. The molecule has 0 radical (unpaired) electrons. The van der Waals surface area contributed by atoms with E-state index >= 15 is 0 Å². The van der Waals surface area contributed by atoms with Crippen LogP contribution in [0, 0.1) is 6.92 Å². The lowest BCUT2D eigenvalue weighted by atomic mass is 9.75. The third-order valence-corrected chi connectivity index (χ3v) is 6.28. The van der Waals surface area contributed by atoms with E-state index in [4.69, 9.17) is 19.0 Å². The Kier molecular flexibility index (Phi) is 6.50. The Bertz CT molecular complexity index is 1060. The Morgan fingerprint density at radius 2 is 1.91 bits per heavy atom. The molecule has 1 aliphatic heterocycles. The second kappa shape index (κ2) is 9.48. The number of methoxy groups -OCH3 is 2. The number of amides is 1. The zero-order chi connectivity index (χ0) is 22.6. The molecule has 0 saturated carbocycles. The molecule has 0 atom stereocenters. The monoisotopic (exact) mass is 436 g/mol. The number of aryl methyl sites for hydroxylation is 1. The van der Waals surface area contributed by atoms with E-state index in [1.807, 2.05) is 42.2 Å². The van der Waals surface area contributed by atoms with Crippen molar-refractivity contribution in [1.82, 2.24) is 20.0 Å². The summed E-state index contributed by atoms with van der Waals surface area (Å²) in [5, 5.41) is 4.32. The van der Waals surface area contributed by atoms with Crippen LogP contribution in [0.25, 0.3) is 11.5 Å². The van der Waals surface area contributed by atoms with Crippen LogP contribution in [0.5, 0.6) is 5.75 Å². The van der Waals surface area contributed by atoms with Crippen molar-refractivity contribution in [2.45, 2.75) is 31.6 Å². The molecule has 4 rings (SSSR count). The molecule has 8 heteroatoms. The highest BCUT2D eigenvalue weighted by atomic mass is 16.5. The molecule has 32 heavy (non-hydrogen) atoms. The van der Waals surface area contributed by atoms with Crippen molar-refractivity contribution in [1.29, 1.82) is 0 Å². The third kappa shape index (κ3) is 4.36. The van der Waals surface area contributed by atoms with Crippen molar-refractivity contribution in [2.75, 3.05) is 33.9 Å². The molecular weight excluding hydrogens is 408 g/mol. The maximum atomic E-state index is 13.2. The first-order valence-corrected chi connectivity index (χ1v) is 10.7. The number of rotatable bonds is 7. The summed E-state index contributed by atoms with van der Waals surface area (Å²) in [6, 6.07) is 9.24. The van der Waals surface area contributed by atoms with Gasteiger partial charge in [-0.1, -0.05) is 5.16 Å². The second-order valence-corrected chi connectivity index (χ2v) is 8.16. The zero-order valence-electron chi connectivity index (χ0n) is 18.7. The number of pyridine rings is 1. The Hall–Kier alpha value is -3.26. The molecule has 3 heterocycles. The fourth-order valence-corrected chi connectivity index (χ4v) is 4.24. The number of hydrogen-bond acceptors (Lipinski definition) is 7. The Morgan fingerprint density at radius 1 is 1.16 bits per heavy atom. The Morgan fingerprint density at radius 3 is 2.56 bits per heavy atom. The van der Waals surface area contributed by atoms with E-state index in [9.17, 15) is 4.79 Å². The van der Waals surface area contributed by atoms with Crippen molar-refractivity contribution in [3.8, 4) is 17.2 Å². The number of piperidine rings is 1. The molecule has 8 nitrogen and oxygen atoms in total. The molecule has 1 aromatic carbocycles. The van der Waals surface area contributed by atoms with E-state index < -0.39 is 0 Å². The summed E-state index contributed by atoms with van der Waals surface area (Å²) in [4.78, 5) is 23.8. The van der Waals surface area contributed by atoms with Crippen LogP contribution in [0.1, 0.15) is 41.0 Å². The average molecular weight is 437 g/mol. The number of carbonyl (C=O) groups is 1. The van der Waals surface area contributed by atoms with Crippen molar-refractivity contribution < 1.29 is 18.8 Å². The van der Waals surface area contributed by atoms with Gasteiger partial charge in [-0.2, -0.15) is 4.98 Å². The average Bonchev–Trinajstić information content (AvgIpc) is 3.34. The van der Waals surface area contributed by atoms with Gasteiger partial charge in [-0.3, -0.25) is 9.78 Å². The first kappa shape index (κ1) is 22.0. The summed E-state index contributed by atoms with van der Waals surface area (Å²) < 4.78 is 16.2. The minimum absolute atomic E-state index is 0.0380. The van der Waals surface area contributed by atoms with Crippen molar-refractivity contribution in [2.24, 2.45) is 0 Å². The largest absolute Gasteiger partial charge is 0.497 e. The summed E-state index contributed by atoms with van der Waals surface area (Å²) in [6.07, 6.45) is 5.65. The van der Waals surface area contributed by atoms with Gasteiger partial charge < -0.3 is 18.9 Å². The normalized spacial score (nSPS) is 15.5. The van der Waals surface area contributed by atoms with Gasteiger partial charge in [0.1, 0.15) is 5.75 Å². The highest BCUT2D eigenvalue weighted by molar-refractivity contribution is 5.95. The SMILES string of the molecule is COCCC1(c2noc(-c3ccncc3)n2)CCN(C(=O)c2ccc(OC)cc2C)CC1. The molecule has 1 fully saturated rings. The molecule has 0 bridgehead atoms.